The Labute approximate surface area is 167 Å². The quantitative estimate of drug-likeness (QED) is 0.490. The van der Waals surface area contributed by atoms with E-state index in [2.05, 4.69) is 15.5 Å². The zero-order valence-corrected chi connectivity index (χ0v) is 16.5. The van der Waals surface area contributed by atoms with Crippen LogP contribution in [0.4, 0.5) is 5.69 Å². The average Bonchev–Trinajstić information content (AvgIpc) is 2.69. The molecule has 3 rings (SSSR count). The molecule has 2 aromatic carbocycles. The van der Waals surface area contributed by atoms with Gasteiger partial charge < -0.3 is 11.2 Å². The molecule has 0 bridgehead atoms. The van der Waals surface area contributed by atoms with Crippen molar-refractivity contribution in [2.75, 3.05) is 16.9 Å². The third-order valence-corrected chi connectivity index (χ3v) is 5.16. The van der Waals surface area contributed by atoms with Crippen LogP contribution in [0.25, 0.3) is 0 Å². The highest BCUT2D eigenvalue weighted by Gasteiger charge is 2.14. The lowest BCUT2D eigenvalue weighted by molar-refractivity contribution is -0.113. The predicted octanol–water partition coefficient (Wildman–Crippen LogP) is 2.29. The van der Waals surface area contributed by atoms with E-state index in [0.717, 1.165) is 38.8 Å². The molecule has 8 heteroatoms. The van der Waals surface area contributed by atoms with Crippen molar-refractivity contribution in [2.45, 2.75) is 25.4 Å². The minimum absolute atomic E-state index is 0.0666. The van der Waals surface area contributed by atoms with Crippen LogP contribution < -0.4 is 16.7 Å². The number of anilines is 1. The molecule has 144 valence electrons. The number of nitrogens with one attached hydrogen (secondary N) is 1. The van der Waals surface area contributed by atoms with Crippen LogP contribution in [0.2, 0.25) is 0 Å². The number of para-hydroxylation sites is 1. The van der Waals surface area contributed by atoms with Gasteiger partial charge in [0.1, 0.15) is 5.69 Å². The minimum atomic E-state index is -0.420. The average molecular weight is 395 g/mol. The highest BCUT2D eigenvalue weighted by atomic mass is 32.2. The number of nitrogen functional groups attached to an aromatic ring is 1. The fraction of sp³-hybridized carbons (Fsp3) is 0.200. The maximum absolute atomic E-state index is 12.4. The van der Waals surface area contributed by atoms with Crippen LogP contribution in [-0.2, 0) is 11.2 Å². The van der Waals surface area contributed by atoms with E-state index < -0.39 is 5.56 Å². The molecule has 0 aliphatic heterocycles. The summed E-state index contributed by atoms with van der Waals surface area (Å²) in [6.07, 6.45) is 0.349. The van der Waals surface area contributed by atoms with Gasteiger partial charge in [0.05, 0.1) is 5.75 Å². The van der Waals surface area contributed by atoms with Crippen LogP contribution in [0.1, 0.15) is 22.4 Å². The van der Waals surface area contributed by atoms with E-state index in [0.29, 0.717) is 6.42 Å². The monoisotopic (exact) mass is 395 g/mol. The number of aromatic nitrogens is 3. The number of carbonyl (C=O) groups is 1. The summed E-state index contributed by atoms with van der Waals surface area (Å²) in [7, 11) is 0. The van der Waals surface area contributed by atoms with Crippen molar-refractivity contribution in [3.8, 4) is 0 Å². The summed E-state index contributed by atoms with van der Waals surface area (Å²) < 4.78 is 0.947. The molecule has 0 saturated carbocycles. The standard InChI is InChI=1S/C20H21N5O2S/c1-13-7-6-8-14(2)18(13)22-17(26)12-28-20-24-23-16(19(27)25(20)21)11-15-9-4-3-5-10-15/h3-10H,11-12,21H2,1-2H3,(H,22,26). The molecule has 1 amide bonds. The number of hydrogen-bond donors (Lipinski definition) is 2. The molecule has 7 nitrogen and oxygen atoms in total. The topological polar surface area (TPSA) is 103 Å². The van der Waals surface area contributed by atoms with Gasteiger partial charge in [-0.05, 0) is 30.5 Å². The zero-order valence-electron chi connectivity index (χ0n) is 15.7. The third-order valence-electron chi connectivity index (χ3n) is 4.22. The predicted molar refractivity (Wildman–Crippen MR) is 111 cm³/mol. The van der Waals surface area contributed by atoms with Crippen molar-refractivity contribution >= 4 is 23.4 Å². The van der Waals surface area contributed by atoms with Crippen LogP contribution in [0.15, 0.2) is 58.5 Å². The Hall–Kier alpha value is -3.13. The number of thioether (sulfide) groups is 1. The van der Waals surface area contributed by atoms with E-state index in [1.807, 2.05) is 62.4 Å². The maximum Gasteiger partial charge on any atom is 0.294 e. The molecule has 0 aliphatic rings. The summed E-state index contributed by atoms with van der Waals surface area (Å²) in [5.41, 5.74) is 3.55. The molecule has 0 spiro atoms. The van der Waals surface area contributed by atoms with Crippen LogP contribution in [0, 0.1) is 13.8 Å². The van der Waals surface area contributed by atoms with Gasteiger partial charge in [0.15, 0.2) is 0 Å². The lowest BCUT2D eigenvalue weighted by Gasteiger charge is -2.11. The molecule has 0 fully saturated rings. The van der Waals surface area contributed by atoms with E-state index in [4.69, 9.17) is 5.84 Å². The number of nitrogens with two attached hydrogens (primary N) is 1. The molecule has 0 radical (unpaired) electrons. The summed E-state index contributed by atoms with van der Waals surface area (Å²) in [5.74, 6) is 5.74. The van der Waals surface area contributed by atoms with Crippen molar-refractivity contribution in [1.82, 2.24) is 14.9 Å². The Morgan fingerprint density at radius 1 is 1.07 bits per heavy atom. The fourth-order valence-electron chi connectivity index (χ4n) is 2.74. The Morgan fingerprint density at radius 2 is 1.75 bits per heavy atom. The van der Waals surface area contributed by atoms with Gasteiger partial charge in [0.25, 0.3) is 5.56 Å². The highest BCUT2D eigenvalue weighted by molar-refractivity contribution is 7.99. The highest BCUT2D eigenvalue weighted by Crippen LogP contribution is 2.20. The number of benzene rings is 2. The van der Waals surface area contributed by atoms with Gasteiger partial charge in [-0.3, -0.25) is 9.59 Å². The van der Waals surface area contributed by atoms with Crippen molar-refractivity contribution in [2.24, 2.45) is 0 Å². The number of rotatable bonds is 6. The molecule has 28 heavy (non-hydrogen) atoms. The van der Waals surface area contributed by atoms with Gasteiger partial charge in [-0.1, -0.05) is 60.3 Å². The number of carbonyl (C=O) groups excluding carboxylic acids is 1. The Morgan fingerprint density at radius 3 is 2.43 bits per heavy atom. The van der Waals surface area contributed by atoms with Gasteiger partial charge in [-0.15, -0.1) is 10.2 Å². The molecule has 3 aromatic rings. The lowest BCUT2D eigenvalue weighted by atomic mass is 10.1. The van der Waals surface area contributed by atoms with Crippen LogP contribution >= 0.6 is 11.8 Å². The Bertz CT molecular complexity index is 1030. The first-order chi connectivity index (χ1) is 13.5. The molecule has 1 aromatic heterocycles. The van der Waals surface area contributed by atoms with E-state index in [1.54, 1.807) is 0 Å². The second kappa shape index (κ2) is 8.71. The first-order valence-corrected chi connectivity index (χ1v) is 9.70. The second-order valence-electron chi connectivity index (χ2n) is 6.37. The lowest BCUT2D eigenvalue weighted by Crippen LogP contribution is -2.34. The van der Waals surface area contributed by atoms with Crippen LogP contribution in [0.5, 0.6) is 0 Å². The SMILES string of the molecule is Cc1cccc(C)c1NC(=O)CSc1nnc(Cc2ccccc2)c(=O)n1N. The molecule has 0 aliphatic carbocycles. The smallest absolute Gasteiger partial charge is 0.294 e. The summed E-state index contributed by atoms with van der Waals surface area (Å²) in [6.45, 7) is 3.87. The normalized spacial score (nSPS) is 10.6. The zero-order chi connectivity index (χ0) is 20.1. The Kier molecular flexibility index (Phi) is 6.10. The van der Waals surface area contributed by atoms with Gasteiger partial charge in [-0.25, -0.2) is 0 Å². The number of amides is 1. The van der Waals surface area contributed by atoms with E-state index in [9.17, 15) is 9.59 Å². The number of nitrogens with zero attached hydrogens (tertiary/aromatic N) is 3. The van der Waals surface area contributed by atoms with E-state index in [1.165, 1.54) is 0 Å². The van der Waals surface area contributed by atoms with Gasteiger partial charge in [0, 0.05) is 12.1 Å². The summed E-state index contributed by atoms with van der Waals surface area (Å²) in [5, 5.41) is 11.1. The summed E-state index contributed by atoms with van der Waals surface area (Å²) >= 11 is 1.07. The van der Waals surface area contributed by atoms with Crippen LogP contribution in [0.3, 0.4) is 0 Å². The molecule has 1 heterocycles. The van der Waals surface area contributed by atoms with Crippen molar-refractivity contribution in [3.05, 3.63) is 81.3 Å². The van der Waals surface area contributed by atoms with Gasteiger partial charge in [0.2, 0.25) is 11.1 Å². The first-order valence-electron chi connectivity index (χ1n) is 8.72. The fourth-order valence-corrected chi connectivity index (χ4v) is 3.39. The van der Waals surface area contributed by atoms with Crippen molar-refractivity contribution in [3.63, 3.8) is 0 Å². The van der Waals surface area contributed by atoms with Gasteiger partial charge in [-0.2, -0.15) is 4.68 Å². The summed E-state index contributed by atoms with van der Waals surface area (Å²) in [6, 6.07) is 15.3. The molecular formula is C20H21N5O2S. The molecular weight excluding hydrogens is 374 g/mol. The third kappa shape index (κ3) is 4.58. The minimum Gasteiger partial charge on any atom is -0.334 e. The molecule has 3 N–H and O–H groups in total. The van der Waals surface area contributed by atoms with Crippen LogP contribution in [-0.4, -0.2) is 26.5 Å². The maximum atomic E-state index is 12.4. The van der Waals surface area contributed by atoms with Crippen molar-refractivity contribution in [1.29, 1.82) is 0 Å². The summed E-state index contributed by atoms with van der Waals surface area (Å²) in [4.78, 5) is 24.7. The number of aryl methyl sites for hydroxylation is 2. The Balaban J connectivity index is 1.67. The number of hydrogen-bond acceptors (Lipinski definition) is 6. The second-order valence-corrected chi connectivity index (χ2v) is 7.31. The molecule has 0 saturated heterocycles. The van der Waals surface area contributed by atoms with Crippen molar-refractivity contribution < 1.29 is 4.79 Å². The molecule has 0 unspecified atom stereocenters. The van der Waals surface area contributed by atoms with Gasteiger partial charge >= 0.3 is 0 Å². The van der Waals surface area contributed by atoms with E-state index >= 15 is 0 Å². The first kappa shape index (κ1) is 19.6. The molecule has 0 atom stereocenters. The largest absolute Gasteiger partial charge is 0.334 e. The van der Waals surface area contributed by atoms with E-state index in [-0.39, 0.29) is 22.5 Å².